The molecule has 4 aromatic rings. The van der Waals surface area contributed by atoms with Gasteiger partial charge in [0.2, 0.25) is 11.8 Å². The highest BCUT2D eigenvalue weighted by molar-refractivity contribution is 6.74. The number of nitrogens with zero attached hydrogens (tertiary/aromatic N) is 2. The van der Waals surface area contributed by atoms with Crippen molar-refractivity contribution < 1.29 is 22.8 Å². The van der Waals surface area contributed by atoms with Gasteiger partial charge in [-0.1, -0.05) is 84.0 Å². The van der Waals surface area contributed by atoms with Crippen LogP contribution in [0.3, 0.4) is 0 Å². The van der Waals surface area contributed by atoms with E-state index < -0.39 is 31.5 Å². The molecule has 0 aliphatic heterocycles. The number of carbonyl (C=O) groups is 1. The summed E-state index contributed by atoms with van der Waals surface area (Å²) in [5, 5.41) is 5.13. The maximum absolute atomic E-state index is 12.9. The number of benzene rings is 2. The molecule has 1 N–H and O–H groups in total. The number of alkyl carbamates (subject to hydrolysis) is 1. The van der Waals surface area contributed by atoms with Crippen LogP contribution in [0.25, 0.3) is 33.7 Å². The van der Waals surface area contributed by atoms with Crippen LogP contribution in [-0.2, 0) is 15.8 Å². The Balaban J connectivity index is 1.80. The Labute approximate surface area is 250 Å². The molecule has 1 atom stereocenters. The first-order valence-corrected chi connectivity index (χ1v) is 17.3. The molecule has 1 amide bonds. The van der Waals surface area contributed by atoms with Gasteiger partial charge < -0.3 is 23.3 Å². The monoisotopic (exact) mass is 591 g/mol. The standard InChI is InChI=1S/C33H45N3O5Si/c1-31(2,3)27(36-30(37)41-32(4,5)6)29-35-25(26(40-29)24-18-14-16-21-15-12-13-17-23(21)24)28-34-22(19-38-28)20-39-42(10,11)33(7,8)9/h12-19,27H,20H2,1-11H3,(H,36,37)/t27-/m1/s1. The van der Waals surface area contributed by atoms with Gasteiger partial charge in [0.05, 0.1) is 6.61 Å². The maximum Gasteiger partial charge on any atom is 0.408 e. The Bertz CT molecular complexity index is 1540. The van der Waals surface area contributed by atoms with Gasteiger partial charge in [0, 0.05) is 5.56 Å². The second-order valence-corrected chi connectivity index (χ2v) is 19.2. The summed E-state index contributed by atoms with van der Waals surface area (Å²) in [6, 6.07) is 13.5. The fraction of sp³-hybridized carbons (Fsp3) is 0.485. The minimum Gasteiger partial charge on any atom is -0.444 e. The van der Waals surface area contributed by atoms with Crippen LogP contribution in [0.15, 0.2) is 57.6 Å². The molecule has 8 nitrogen and oxygen atoms in total. The molecule has 0 fully saturated rings. The van der Waals surface area contributed by atoms with Crippen molar-refractivity contribution >= 4 is 25.2 Å². The molecule has 42 heavy (non-hydrogen) atoms. The van der Waals surface area contributed by atoms with Gasteiger partial charge in [0.25, 0.3) is 0 Å². The number of fused-ring (bicyclic) bond motifs is 1. The van der Waals surface area contributed by atoms with Crippen molar-refractivity contribution in [2.24, 2.45) is 5.41 Å². The Morgan fingerprint density at radius 3 is 2.26 bits per heavy atom. The minimum atomic E-state index is -1.98. The number of oxazole rings is 2. The van der Waals surface area contributed by atoms with E-state index in [9.17, 15) is 4.79 Å². The predicted molar refractivity (Wildman–Crippen MR) is 168 cm³/mol. The fourth-order valence-corrected chi connectivity index (χ4v) is 5.18. The Morgan fingerprint density at radius 2 is 1.62 bits per heavy atom. The lowest BCUT2D eigenvalue weighted by Gasteiger charge is -2.35. The van der Waals surface area contributed by atoms with Gasteiger partial charge in [-0.25, -0.2) is 14.8 Å². The molecule has 0 spiro atoms. The SMILES string of the molecule is CC(C)(C)OC(=O)N[C@H](c1nc(-c2nc(CO[Si](C)(C)C(C)(C)C)co2)c(-c2cccc3ccccc23)o1)C(C)(C)C. The number of amides is 1. The van der Waals surface area contributed by atoms with Crippen LogP contribution in [0.2, 0.25) is 18.1 Å². The van der Waals surface area contributed by atoms with Crippen LogP contribution in [0.4, 0.5) is 4.79 Å². The number of carbonyl (C=O) groups excluding carboxylic acids is 1. The van der Waals surface area contributed by atoms with Crippen molar-refractivity contribution in [3.8, 4) is 22.9 Å². The first-order valence-electron chi connectivity index (χ1n) is 14.4. The Kier molecular flexibility index (Phi) is 8.50. The quantitative estimate of drug-likeness (QED) is 0.214. The zero-order valence-electron chi connectivity index (χ0n) is 26.8. The summed E-state index contributed by atoms with van der Waals surface area (Å²) in [5.74, 6) is 1.18. The summed E-state index contributed by atoms with van der Waals surface area (Å²) in [7, 11) is -1.98. The van der Waals surface area contributed by atoms with E-state index in [0.717, 1.165) is 16.3 Å². The van der Waals surface area contributed by atoms with Gasteiger partial charge >= 0.3 is 6.09 Å². The topological polar surface area (TPSA) is 99.6 Å². The van der Waals surface area contributed by atoms with E-state index in [1.165, 1.54) is 0 Å². The first-order chi connectivity index (χ1) is 19.4. The summed E-state index contributed by atoms with van der Waals surface area (Å²) >= 11 is 0. The van der Waals surface area contributed by atoms with Crippen LogP contribution >= 0.6 is 0 Å². The summed E-state index contributed by atoms with van der Waals surface area (Å²) < 4.78 is 24.5. The number of hydrogen-bond donors (Lipinski definition) is 1. The van der Waals surface area contributed by atoms with Crippen LogP contribution in [0, 0.1) is 5.41 Å². The van der Waals surface area contributed by atoms with Crippen molar-refractivity contribution in [1.29, 1.82) is 0 Å². The molecule has 0 radical (unpaired) electrons. The van der Waals surface area contributed by atoms with E-state index in [2.05, 4.69) is 51.3 Å². The molecular formula is C33H45N3O5Si. The number of aromatic nitrogens is 2. The van der Waals surface area contributed by atoms with E-state index in [1.54, 1.807) is 6.26 Å². The molecular weight excluding hydrogens is 546 g/mol. The zero-order chi connectivity index (χ0) is 31.1. The molecule has 226 valence electrons. The number of nitrogens with one attached hydrogen (secondary N) is 1. The van der Waals surface area contributed by atoms with Crippen molar-refractivity contribution in [3.05, 3.63) is 60.3 Å². The second-order valence-electron chi connectivity index (χ2n) is 14.4. The zero-order valence-corrected chi connectivity index (χ0v) is 27.8. The first kappa shape index (κ1) is 31.5. The van der Waals surface area contributed by atoms with Gasteiger partial charge in [-0.3, -0.25) is 0 Å². The maximum atomic E-state index is 12.9. The second kappa shape index (κ2) is 11.3. The fourth-order valence-electron chi connectivity index (χ4n) is 4.24. The lowest BCUT2D eigenvalue weighted by atomic mass is 9.86. The third-order valence-electron chi connectivity index (χ3n) is 7.59. The van der Waals surface area contributed by atoms with Crippen LogP contribution in [-0.4, -0.2) is 30.0 Å². The minimum absolute atomic E-state index is 0.0746. The summed E-state index contributed by atoms with van der Waals surface area (Å²) in [4.78, 5) is 22.6. The Hall–Kier alpha value is -3.43. The third-order valence-corrected chi connectivity index (χ3v) is 12.1. The molecule has 0 saturated heterocycles. The van der Waals surface area contributed by atoms with Crippen molar-refractivity contribution in [1.82, 2.24) is 15.3 Å². The van der Waals surface area contributed by atoms with E-state index in [4.69, 9.17) is 28.0 Å². The number of rotatable bonds is 7. The predicted octanol–water partition coefficient (Wildman–Crippen LogP) is 9.28. The summed E-state index contributed by atoms with van der Waals surface area (Å²) in [6.07, 6.45) is 1.07. The Morgan fingerprint density at radius 1 is 0.952 bits per heavy atom. The van der Waals surface area contributed by atoms with Crippen molar-refractivity contribution in [2.75, 3.05) is 0 Å². The molecule has 0 saturated carbocycles. The molecule has 0 unspecified atom stereocenters. The molecule has 4 rings (SSSR count). The number of hydrogen-bond acceptors (Lipinski definition) is 7. The smallest absolute Gasteiger partial charge is 0.408 e. The average molecular weight is 592 g/mol. The van der Waals surface area contributed by atoms with Crippen molar-refractivity contribution in [3.63, 3.8) is 0 Å². The molecule has 0 aliphatic rings. The van der Waals surface area contributed by atoms with Crippen LogP contribution in [0.1, 0.15) is 79.9 Å². The van der Waals surface area contributed by atoms with Gasteiger partial charge in [0.1, 0.15) is 23.6 Å². The third kappa shape index (κ3) is 7.13. The highest BCUT2D eigenvalue weighted by Crippen LogP contribution is 2.41. The lowest BCUT2D eigenvalue weighted by Crippen LogP contribution is -2.40. The van der Waals surface area contributed by atoms with E-state index in [0.29, 0.717) is 35.5 Å². The molecule has 2 aromatic carbocycles. The molecule has 0 aliphatic carbocycles. The highest BCUT2D eigenvalue weighted by atomic mass is 28.4. The normalized spacial score (nSPS) is 13.8. The van der Waals surface area contributed by atoms with Crippen LogP contribution in [0.5, 0.6) is 0 Å². The summed E-state index contributed by atoms with van der Waals surface area (Å²) in [5.41, 5.74) is 0.892. The van der Waals surface area contributed by atoms with Crippen molar-refractivity contribution in [2.45, 2.75) is 98.7 Å². The molecule has 9 heteroatoms. The van der Waals surface area contributed by atoms with Gasteiger partial charge in [0.15, 0.2) is 19.8 Å². The largest absolute Gasteiger partial charge is 0.444 e. The molecule has 2 aromatic heterocycles. The van der Waals surface area contributed by atoms with Gasteiger partial charge in [-0.2, -0.15) is 0 Å². The van der Waals surface area contributed by atoms with Crippen LogP contribution < -0.4 is 5.32 Å². The molecule has 0 bridgehead atoms. The van der Waals surface area contributed by atoms with E-state index in [1.807, 2.05) is 71.9 Å². The lowest BCUT2D eigenvalue weighted by molar-refractivity contribution is 0.0447. The molecule has 2 heterocycles. The van der Waals surface area contributed by atoms with E-state index in [-0.39, 0.29) is 5.04 Å². The summed E-state index contributed by atoms with van der Waals surface area (Å²) in [6.45, 7) is 22.9. The average Bonchev–Trinajstić information content (AvgIpc) is 3.50. The van der Waals surface area contributed by atoms with E-state index >= 15 is 0 Å². The highest BCUT2D eigenvalue weighted by Gasteiger charge is 2.38. The van der Waals surface area contributed by atoms with Gasteiger partial charge in [-0.05, 0) is 55.1 Å². The van der Waals surface area contributed by atoms with Gasteiger partial charge in [-0.15, -0.1) is 0 Å². The number of ether oxygens (including phenoxy) is 1.